The third-order valence-electron chi connectivity index (χ3n) is 3.55. The SMILES string of the molecule is CCc1sc2ncn(CC)c(=O)c2c1-c1ccc(Br)cc1. The molecule has 0 unspecified atom stereocenters. The summed E-state index contributed by atoms with van der Waals surface area (Å²) in [5.74, 6) is 0. The third kappa shape index (κ3) is 2.45. The lowest BCUT2D eigenvalue weighted by Gasteiger charge is -2.05. The van der Waals surface area contributed by atoms with E-state index in [0.29, 0.717) is 6.54 Å². The van der Waals surface area contributed by atoms with Crippen molar-refractivity contribution < 1.29 is 0 Å². The lowest BCUT2D eigenvalue weighted by Crippen LogP contribution is -2.19. The van der Waals surface area contributed by atoms with Crippen LogP contribution < -0.4 is 5.56 Å². The standard InChI is InChI=1S/C16H15BrN2OS/c1-3-12-13(10-5-7-11(17)8-6-10)14-15(21-12)18-9-19(4-2)16(14)20/h5-9H,3-4H2,1-2H3. The highest BCUT2D eigenvalue weighted by molar-refractivity contribution is 9.10. The van der Waals surface area contributed by atoms with E-state index in [4.69, 9.17) is 0 Å². The van der Waals surface area contributed by atoms with Gasteiger partial charge in [0, 0.05) is 21.5 Å². The van der Waals surface area contributed by atoms with E-state index in [9.17, 15) is 4.79 Å². The predicted molar refractivity (Wildman–Crippen MR) is 92.1 cm³/mol. The summed E-state index contributed by atoms with van der Waals surface area (Å²) in [6, 6.07) is 8.11. The Morgan fingerprint density at radius 1 is 1.24 bits per heavy atom. The second kappa shape index (κ2) is 5.73. The van der Waals surface area contributed by atoms with Crippen LogP contribution in [-0.2, 0) is 13.0 Å². The molecule has 0 spiro atoms. The van der Waals surface area contributed by atoms with E-state index < -0.39 is 0 Å². The minimum absolute atomic E-state index is 0.0522. The molecular formula is C16H15BrN2OS. The van der Waals surface area contributed by atoms with E-state index >= 15 is 0 Å². The molecule has 0 aliphatic rings. The van der Waals surface area contributed by atoms with Crippen molar-refractivity contribution in [3.05, 3.63) is 50.3 Å². The number of hydrogen-bond acceptors (Lipinski definition) is 3. The molecule has 0 bridgehead atoms. The van der Waals surface area contributed by atoms with Gasteiger partial charge in [0.15, 0.2) is 0 Å². The van der Waals surface area contributed by atoms with Crippen LogP contribution in [0.5, 0.6) is 0 Å². The van der Waals surface area contributed by atoms with E-state index in [2.05, 4.69) is 27.8 Å². The zero-order chi connectivity index (χ0) is 15.0. The normalized spacial score (nSPS) is 11.2. The van der Waals surface area contributed by atoms with Crippen LogP contribution in [0.25, 0.3) is 21.3 Å². The number of halogens is 1. The maximum absolute atomic E-state index is 12.7. The van der Waals surface area contributed by atoms with Crippen LogP contribution in [0.15, 0.2) is 39.9 Å². The molecule has 0 atom stereocenters. The van der Waals surface area contributed by atoms with Crippen LogP contribution in [0.4, 0.5) is 0 Å². The molecule has 5 heteroatoms. The summed E-state index contributed by atoms with van der Waals surface area (Å²) < 4.78 is 2.70. The smallest absolute Gasteiger partial charge is 0.262 e. The second-order valence-electron chi connectivity index (χ2n) is 4.78. The molecule has 0 aliphatic heterocycles. The third-order valence-corrected chi connectivity index (χ3v) is 5.32. The first kappa shape index (κ1) is 14.5. The van der Waals surface area contributed by atoms with Crippen molar-refractivity contribution in [3.8, 4) is 11.1 Å². The highest BCUT2D eigenvalue weighted by Crippen LogP contribution is 2.36. The van der Waals surface area contributed by atoms with Crippen LogP contribution in [0, 0.1) is 0 Å². The average molecular weight is 363 g/mol. The van der Waals surface area contributed by atoms with Crippen LogP contribution in [0.3, 0.4) is 0 Å². The van der Waals surface area contributed by atoms with E-state index in [1.807, 2.05) is 31.2 Å². The fraction of sp³-hybridized carbons (Fsp3) is 0.250. The maximum atomic E-state index is 12.7. The van der Waals surface area contributed by atoms with Gasteiger partial charge in [0.25, 0.3) is 5.56 Å². The average Bonchev–Trinajstić information content (AvgIpc) is 2.88. The fourth-order valence-electron chi connectivity index (χ4n) is 2.47. The summed E-state index contributed by atoms with van der Waals surface area (Å²) in [6.07, 6.45) is 2.55. The highest BCUT2D eigenvalue weighted by atomic mass is 79.9. The first-order valence-corrected chi connectivity index (χ1v) is 8.53. The molecule has 2 aromatic heterocycles. The largest absolute Gasteiger partial charge is 0.299 e. The second-order valence-corrected chi connectivity index (χ2v) is 6.78. The number of fused-ring (bicyclic) bond motifs is 1. The molecule has 3 rings (SSSR count). The number of thiophene rings is 1. The maximum Gasteiger partial charge on any atom is 0.262 e. The Balaban J connectivity index is 2.38. The lowest BCUT2D eigenvalue weighted by atomic mass is 10.0. The van der Waals surface area contributed by atoms with E-state index in [1.54, 1.807) is 22.2 Å². The van der Waals surface area contributed by atoms with E-state index in [-0.39, 0.29) is 5.56 Å². The Morgan fingerprint density at radius 2 is 1.95 bits per heavy atom. The van der Waals surface area contributed by atoms with E-state index in [1.165, 1.54) is 4.88 Å². The first-order chi connectivity index (χ1) is 10.2. The zero-order valence-electron chi connectivity index (χ0n) is 11.9. The van der Waals surface area contributed by atoms with Gasteiger partial charge in [-0.2, -0.15) is 0 Å². The molecule has 3 aromatic rings. The molecule has 0 aliphatic carbocycles. The van der Waals surface area contributed by atoms with E-state index in [0.717, 1.165) is 32.2 Å². The van der Waals surface area contributed by atoms with Gasteiger partial charge in [0.05, 0.1) is 11.7 Å². The molecule has 0 saturated carbocycles. The molecule has 108 valence electrons. The van der Waals surface area contributed by atoms with Crippen LogP contribution >= 0.6 is 27.3 Å². The van der Waals surface area contributed by atoms with Gasteiger partial charge in [-0.05, 0) is 31.0 Å². The van der Waals surface area contributed by atoms with Crippen molar-refractivity contribution in [2.45, 2.75) is 26.8 Å². The molecule has 0 fully saturated rings. The van der Waals surface area contributed by atoms with Gasteiger partial charge >= 0.3 is 0 Å². The van der Waals surface area contributed by atoms with Crippen molar-refractivity contribution in [2.75, 3.05) is 0 Å². The summed E-state index contributed by atoms with van der Waals surface area (Å²) in [5.41, 5.74) is 2.18. The Morgan fingerprint density at radius 3 is 2.57 bits per heavy atom. The summed E-state index contributed by atoms with van der Waals surface area (Å²) in [4.78, 5) is 19.2. The molecule has 0 N–H and O–H groups in total. The highest BCUT2D eigenvalue weighted by Gasteiger charge is 2.17. The first-order valence-electron chi connectivity index (χ1n) is 6.92. The van der Waals surface area contributed by atoms with Crippen LogP contribution in [-0.4, -0.2) is 9.55 Å². The molecular weight excluding hydrogens is 348 g/mol. The number of aryl methyl sites for hydroxylation is 2. The van der Waals surface area contributed by atoms with Gasteiger partial charge in [0.2, 0.25) is 0 Å². The van der Waals surface area contributed by atoms with Gasteiger partial charge < -0.3 is 0 Å². The fourth-order valence-corrected chi connectivity index (χ4v) is 3.82. The van der Waals surface area contributed by atoms with Gasteiger partial charge in [-0.15, -0.1) is 11.3 Å². The molecule has 0 radical (unpaired) electrons. The number of nitrogens with zero attached hydrogens (tertiary/aromatic N) is 2. The van der Waals surface area contributed by atoms with Crippen molar-refractivity contribution in [1.82, 2.24) is 9.55 Å². The quantitative estimate of drug-likeness (QED) is 0.688. The Kier molecular flexibility index (Phi) is 3.95. The molecule has 0 amide bonds. The monoisotopic (exact) mass is 362 g/mol. The predicted octanol–water partition coefficient (Wildman–Crippen LogP) is 4.47. The number of benzene rings is 1. The summed E-state index contributed by atoms with van der Waals surface area (Å²) in [5, 5.41) is 0.753. The Hall–Kier alpha value is -1.46. The minimum atomic E-state index is 0.0522. The van der Waals surface area contributed by atoms with Gasteiger partial charge in [-0.3, -0.25) is 9.36 Å². The molecule has 0 saturated heterocycles. The van der Waals surface area contributed by atoms with Gasteiger partial charge in [0.1, 0.15) is 4.83 Å². The summed E-state index contributed by atoms with van der Waals surface area (Å²) in [7, 11) is 0. The summed E-state index contributed by atoms with van der Waals surface area (Å²) in [6.45, 7) is 4.71. The number of aromatic nitrogens is 2. The Labute approximate surface area is 135 Å². The van der Waals surface area contributed by atoms with Crippen molar-refractivity contribution in [2.24, 2.45) is 0 Å². The number of rotatable bonds is 3. The van der Waals surface area contributed by atoms with Crippen LogP contribution in [0.1, 0.15) is 18.7 Å². The lowest BCUT2D eigenvalue weighted by molar-refractivity contribution is 0.718. The van der Waals surface area contributed by atoms with Crippen LogP contribution in [0.2, 0.25) is 0 Å². The van der Waals surface area contributed by atoms with Crippen molar-refractivity contribution in [3.63, 3.8) is 0 Å². The van der Waals surface area contributed by atoms with Crippen molar-refractivity contribution in [1.29, 1.82) is 0 Å². The zero-order valence-corrected chi connectivity index (χ0v) is 14.3. The number of hydrogen-bond donors (Lipinski definition) is 0. The minimum Gasteiger partial charge on any atom is -0.299 e. The topological polar surface area (TPSA) is 34.9 Å². The molecule has 2 heterocycles. The summed E-state index contributed by atoms with van der Waals surface area (Å²) >= 11 is 5.08. The molecule has 21 heavy (non-hydrogen) atoms. The van der Waals surface area contributed by atoms with Gasteiger partial charge in [-0.25, -0.2) is 4.98 Å². The molecule has 1 aromatic carbocycles. The van der Waals surface area contributed by atoms with Gasteiger partial charge in [-0.1, -0.05) is 35.0 Å². The Bertz CT molecular complexity index is 849. The van der Waals surface area contributed by atoms with Crippen molar-refractivity contribution >= 4 is 37.5 Å². The molecule has 3 nitrogen and oxygen atoms in total.